The van der Waals surface area contributed by atoms with E-state index in [0.717, 1.165) is 139 Å². The number of aromatic amines is 2. The molecule has 334 valence electrons. The Morgan fingerprint density at radius 3 is 1.84 bits per heavy atom. The molecule has 0 radical (unpaired) electrons. The number of ether oxygens (including phenoxy) is 2. The maximum atomic E-state index is 12.1. The molecule has 0 saturated carbocycles. The molecule has 6 heterocycles. The van der Waals surface area contributed by atoms with Crippen molar-refractivity contribution in [1.29, 1.82) is 0 Å². The standard InChI is InChI=1S/C51H68N4O7/c1-5-8-11-14-20-34-37-23-24-39(52-37)35(21-15-12-9-6-2)45-31(4)47(57)46(55-45)36(22-16-13-10-7-3)40-26-28-42(54-40)44(41-27-25-38(34)53-41)32-18-17-19-33(29-32)61-51-50(60)49(59)48(58)43(30-56)62-51/h17-19,23-29,31,43,47-53,56-60H,5-16,20-22,30H2,1-4H3/t31?,43?,47?,48-,49?,50?,51-/m1/s1. The van der Waals surface area contributed by atoms with Gasteiger partial charge in [0.25, 0.3) is 0 Å². The Balaban J connectivity index is 1.47. The lowest BCUT2D eigenvalue weighted by molar-refractivity contribution is -0.277. The second kappa shape index (κ2) is 21.3. The van der Waals surface area contributed by atoms with Gasteiger partial charge in [-0.2, -0.15) is 0 Å². The number of aryl methyl sites for hydroxylation is 2. The van der Waals surface area contributed by atoms with Gasteiger partial charge in [0.1, 0.15) is 36.3 Å². The second-order valence-electron chi connectivity index (χ2n) is 17.5. The van der Waals surface area contributed by atoms with E-state index in [1.807, 2.05) is 24.3 Å². The summed E-state index contributed by atoms with van der Waals surface area (Å²) in [5, 5.41) is 53.6. The van der Waals surface area contributed by atoms with Crippen molar-refractivity contribution < 1.29 is 35.0 Å². The number of H-pyrrole nitrogens is 2. The van der Waals surface area contributed by atoms with Gasteiger partial charge < -0.3 is 45.0 Å². The van der Waals surface area contributed by atoms with Gasteiger partial charge in [-0.05, 0) is 104 Å². The van der Waals surface area contributed by atoms with Crippen molar-refractivity contribution >= 4 is 34.2 Å². The number of nitrogens with zero attached hydrogens (tertiary/aromatic N) is 2. The molecule has 0 spiro atoms. The molecular formula is C51H68N4O7. The highest BCUT2D eigenvalue weighted by molar-refractivity contribution is 5.92. The summed E-state index contributed by atoms with van der Waals surface area (Å²) in [6.45, 7) is 8.23. The Morgan fingerprint density at radius 1 is 0.613 bits per heavy atom. The third-order valence-corrected chi connectivity index (χ3v) is 12.9. The molecule has 0 aliphatic carbocycles. The summed E-state index contributed by atoms with van der Waals surface area (Å²) >= 11 is 0. The zero-order valence-corrected chi connectivity index (χ0v) is 37.1. The molecule has 11 heteroatoms. The van der Waals surface area contributed by atoms with Gasteiger partial charge in [-0.1, -0.05) is 97.6 Å². The third-order valence-electron chi connectivity index (χ3n) is 12.9. The molecule has 1 aromatic carbocycles. The predicted octanol–water partition coefficient (Wildman–Crippen LogP) is 9.54. The normalized spacial score (nSPS) is 22.4. The van der Waals surface area contributed by atoms with Gasteiger partial charge in [0.05, 0.1) is 29.4 Å². The molecule has 3 aliphatic rings. The van der Waals surface area contributed by atoms with Crippen molar-refractivity contribution in [3.05, 3.63) is 88.0 Å². The highest BCUT2D eigenvalue weighted by Crippen LogP contribution is 2.41. The number of benzene rings is 1. The number of aromatic nitrogens is 4. The molecule has 5 unspecified atom stereocenters. The molecule has 0 amide bonds. The molecule has 3 aromatic heterocycles. The minimum absolute atomic E-state index is 0.190. The van der Waals surface area contributed by atoms with E-state index in [9.17, 15) is 25.5 Å². The van der Waals surface area contributed by atoms with Gasteiger partial charge in [0.15, 0.2) is 0 Å². The number of hydrogen-bond acceptors (Lipinski definition) is 9. The maximum Gasteiger partial charge on any atom is 0.229 e. The van der Waals surface area contributed by atoms with Gasteiger partial charge in [-0.15, -0.1) is 0 Å². The van der Waals surface area contributed by atoms with Crippen molar-refractivity contribution in [2.24, 2.45) is 0 Å². The minimum Gasteiger partial charge on any atom is -0.462 e. The van der Waals surface area contributed by atoms with Crippen LogP contribution >= 0.6 is 0 Å². The Hall–Kier alpha value is -4.36. The average Bonchev–Trinajstić information content (AvgIpc) is 4.11. The number of hydrogen-bond donors (Lipinski definition) is 7. The number of aliphatic hydroxyl groups is 5. The van der Waals surface area contributed by atoms with Crippen molar-refractivity contribution in [2.75, 3.05) is 6.61 Å². The molecule has 62 heavy (non-hydrogen) atoms. The van der Waals surface area contributed by atoms with Crippen molar-refractivity contribution in [3.8, 4) is 16.9 Å². The fourth-order valence-electron chi connectivity index (χ4n) is 9.26. The molecule has 1 fully saturated rings. The number of unbranched alkanes of at least 4 members (excludes halogenated alkanes) is 9. The van der Waals surface area contributed by atoms with Crippen LogP contribution < -0.4 is 4.74 Å². The Labute approximate surface area is 366 Å². The zero-order chi connectivity index (χ0) is 43.8. The highest BCUT2D eigenvalue weighted by atomic mass is 16.7. The molecule has 8 bridgehead atoms. The number of aliphatic hydroxyl groups excluding tert-OH is 5. The van der Waals surface area contributed by atoms with Gasteiger partial charge in [-0.25, -0.2) is 4.98 Å². The van der Waals surface area contributed by atoms with Crippen LogP contribution in [0.3, 0.4) is 0 Å². The molecule has 7 atom stereocenters. The molecular weight excluding hydrogens is 781 g/mol. The average molecular weight is 849 g/mol. The van der Waals surface area contributed by atoms with Gasteiger partial charge in [-0.3, -0.25) is 4.98 Å². The van der Waals surface area contributed by atoms with E-state index in [0.29, 0.717) is 11.4 Å². The van der Waals surface area contributed by atoms with Gasteiger partial charge in [0.2, 0.25) is 6.29 Å². The van der Waals surface area contributed by atoms with Gasteiger partial charge in [0, 0.05) is 39.1 Å². The van der Waals surface area contributed by atoms with E-state index < -0.39 is 43.4 Å². The van der Waals surface area contributed by atoms with Crippen LogP contribution in [0.2, 0.25) is 0 Å². The third kappa shape index (κ3) is 10.0. The molecule has 11 nitrogen and oxygen atoms in total. The summed E-state index contributed by atoms with van der Waals surface area (Å²) in [4.78, 5) is 18.5. The first-order valence-corrected chi connectivity index (χ1v) is 23.4. The lowest BCUT2D eigenvalue weighted by Crippen LogP contribution is -2.60. The largest absolute Gasteiger partial charge is 0.462 e. The second-order valence-corrected chi connectivity index (χ2v) is 17.5. The first-order chi connectivity index (χ1) is 30.2. The van der Waals surface area contributed by atoms with E-state index >= 15 is 0 Å². The Bertz CT molecular complexity index is 2310. The number of nitrogens with one attached hydrogen (secondary N) is 2. The monoisotopic (exact) mass is 849 g/mol. The molecule has 3 aliphatic heterocycles. The van der Waals surface area contributed by atoms with Crippen LogP contribution in [0.4, 0.5) is 0 Å². The van der Waals surface area contributed by atoms with Crippen LogP contribution in [-0.4, -0.2) is 82.8 Å². The topological polar surface area (TPSA) is 177 Å². The van der Waals surface area contributed by atoms with Crippen LogP contribution in [0.5, 0.6) is 5.75 Å². The quantitative estimate of drug-likeness (QED) is 0.0399. The van der Waals surface area contributed by atoms with Crippen molar-refractivity contribution in [1.82, 2.24) is 19.9 Å². The number of rotatable bonds is 19. The minimum atomic E-state index is -1.56. The summed E-state index contributed by atoms with van der Waals surface area (Å²) < 4.78 is 11.8. The van der Waals surface area contributed by atoms with E-state index in [4.69, 9.17) is 19.4 Å². The van der Waals surface area contributed by atoms with E-state index in [-0.39, 0.29) is 5.92 Å². The van der Waals surface area contributed by atoms with Crippen LogP contribution in [0.15, 0.2) is 48.5 Å². The lowest BCUT2D eigenvalue weighted by Gasteiger charge is -2.39. The van der Waals surface area contributed by atoms with Crippen LogP contribution in [0.25, 0.3) is 45.3 Å². The smallest absolute Gasteiger partial charge is 0.229 e. The molecule has 7 rings (SSSR count). The van der Waals surface area contributed by atoms with E-state index in [1.165, 1.54) is 24.0 Å². The first kappa shape index (κ1) is 45.7. The summed E-state index contributed by atoms with van der Waals surface area (Å²) in [5.41, 5.74) is 12.1. The fourth-order valence-corrected chi connectivity index (χ4v) is 9.26. The number of fused-ring (bicyclic) bond motifs is 8. The fraction of sp³-hybridized carbons (Fsp3) is 0.529. The summed E-state index contributed by atoms with van der Waals surface area (Å²) in [5.74, 6) is 0.169. The van der Waals surface area contributed by atoms with Crippen molar-refractivity contribution in [2.45, 2.75) is 167 Å². The Kier molecular flexibility index (Phi) is 15.7. The van der Waals surface area contributed by atoms with Gasteiger partial charge >= 0.3 is 0 Å². The summed E-state index contributed by atoms with van der Waals surface area (Å²) in [6.07, 6.45) is 12.1. The lowest BCUT2D eigenvalue weighted by atomic mass is 9.93. The molecule has 4 aromatic rings. The van der Waals surface area contributed by atoms with E-state index in [1.54, 1.807) is 6.07 Å². The van der Waals surface area contributed by atoms with Crippen LogP contribution in [0.1, 0.15) is 156 Å². The SMILES string of the molecule is CCCCCCc1c2nc(c(-c3cccc(O[C@@H]4OC(CO)[C@@H](O)C(O)C4O)c3)c3ccc([nH]3)c(CCCCCC)c3ccc([nH]3)c(CCCCCC)c3nc1C(O)C3C)C=C2. The van der Waals surface area contributed by atoms with Crippen LogP contribution in [0, 0.1) is 0 Å². The zero-order valence-electron chi connectivity index (χ0n) is 37.1. The van der Waals surface area contributed by atoms with Crippen LogP contribution in [-0.2, 0) is 24.0 Å². The molecule has 1 saturated heterocycles. The highest BCUT2D eigenvalue weighted by Gasteiger charge is 2.44. The molecule has 7 N–H and O–H groups in total. The maximum absolute atomic E-state index is 12.1. The summed E-state index contributed by atoms with van der Waals surface area (Å²) in [7, 11) is 0. The van der Waals surface area contributed by atoms with Crippen molar-refractivity contribution in [3.63, 3.8) is 0 Å². The van der Waals surface area contributed by atoms with E-state index in [2.05, 4.69) is 68.0 Å². The Morgan fingerprint density at radius 2 is 1.19 bits per heavy atom. The first-order valence-electron chi connectivity index (χ1n) is 23.4. The summed E-state index contributed by atoms with van der Waals surface area (Å²) in [6, 6.07) is 16.1. The predicted molar refractivity (Wildman–Crippen MR) is 247 cm³/mol.